The van der Waals surface area contributed by atoms with Gasteiger partial charge in [0.2, 0.25) is 5.91 Å². The molecule has 0 atom stereocenters. The molecule has 0 radical (unpaired) electrons. The second-order valence-electron chi connectivity index (χ2n) is 6.77. The number of para-hydroxylation sites is 1. The second-order valence-corrected chi connectivity index (χ2v) is 7.21. The highest BCUT2D eigenvalue weighted by Crippen LogP contribution is 2.14. The van der Waals surface area contributed by atoms with Crippen LogP contribution < -0.4 is 5.56 Å². The van der Waals surface area contributed by atoms with Crippen LogP contribution in [-0.2, 0) is 17.8 Å². The number of amides is 1. The van der Waals surface area contributed by atoms with E-state index in [1.165, 1.54) is 0 Å². The molecule has 0 saturated heterocycles. The van der Waals surface area contributed by atoms with Gasteiger partial charge in [-0.2, -0.15) is 0 Å². The summed E-state index contributed by atoms with van der Waals surface area (Å²) in [6.07, 6.45) is 1.03. The monoisotopic (exact) mass is 383 g/mol. The highest BCUT2D eigenvalue weighted by atomic mass is 35.5. The number of benzene rings is 2. The maximum Gasteiger partial charge on any atom is 0.258 e. The smallest absolute Gasteiger partial charge is 0.258 e. The fourth-order valence-electron chi connectivity index (χ4n) is 2.98. The number of nitrogens with one attached hydrogen (secondary N) is 1. The second kappa shape index (κ2) is 8.35. The third-order valence-electron chi connectivity index (χ3n) is 4.47. The first-order valence-corrected chi connectivity index (χ1v) is 9.33. The molecule has 0 bridgehead atoms. The van der Waals surface area contributed by atoms with Crippen molar-refractivity contribution in [1.29, 1.82) is 0 Å². The van der Waals surface area contributed by atoms with Gasteiger partial charge in [-0.3, -0.25) is 9.59 Å². The van der Waals surface area contributed by atoms with E-state index in [0.29, 0.717) is 34.6 Å². The Morgan fingerprint density at radius 2 is 1.85 bits per heavy atom. The Kier molecular flexibility index (Phi) is 5.91. The van der Waals surface area contributed by atoms with Gasteiger partial charge in [0.25, 0.3) is 5.56 Å². The molecule has 0 unspecified atom stereocenters. The summed E-state index contributed by atoms with van der Waals surface area (Å²) in [5.41, 5.74) is 1.51. The van der Waals surface area contributed by atoms with Gasteiger partial charge in [0, 0.05) is 17.5 Å². The van der Waals surface area contributed by atoms with Gasteiger partial charge < -0.3 is 9.88 Å². The van der Waals surface area contributed by atoms with Crippen molar-refractivity contribution in [3.63, 3.8) is 0 Å². The van der Waals surface area contributed by atoms with Gasteiger partial charge in [0.05, 0.1) is 17.4 Å². The van der Waals surface area contributed by atoms with E-state index in [1.54, 1.807) is 23.1 Å². The summed E-state index contributed by atoms with van der Waals surface area (Å²) < 4.78 is 0. The van der Waals surface area contributed by atoms with Gasteiger partial charge in [-0.1, -0.05) is 35.9 Å². The minimum Gasteiger partial charge on any atom is -0.333 e. The highest BCUT2D eigenvalue weighted by molar-refractivity contribution is 6.30. The lowest BCUT2D eigenvalue weighted by Gasteiger charge is -2.26. The lowest BCUT2D eigenvalue weighted by atomic mass is 10.1. The summed E-state index contributed by atoms with van der Waals surface area (Å²) in [6, 6.07) is 14.7. The number of hydrogen-bond donors (Lipinski definition) is 1. The first-order valence-electron chi connectivity index (χ1n) is 8.96. The van der Waals surface area contributed by atoms with Crippen LogP contribution in [0.2, 0.25) is 5.02 Å². The number of nitrogens with zero attached hydrogens (tertiary/aromatic N) is 2. The predicted molar refractivity (Wildman–Crippen MR) is 108 cm³/mol. The van der Waals surface area contributed by atoms with E-state index < -0.39 is 0 Å². The van der Waals surface area contributed by atoms with Crippen molar-refractivity contribution in [3.8, 4) is 0 Å². The summed E-state index contributed by atoms with van der Waals surface area (Å²) in [7, 11) is 0. The Balaban J connectivity index is 1.74. The van der Waals surface area contributed by atoms with Crippen molar-refractivity contribution < 1.29 is 4.79 Å². The molecule has 1 amide bonds. The first-order chi connectivity index (χ1) is 12.9. The highest BCUT2D eigenvalue weighted by Gasteiger charge is 2.18. The number of fused-ring (bicyclic) bond motifs is 1. The minimum absolute atomic E-state index is 0.000472. The van der Waals surface area contributed by atoms with Crippen LogP contribution >= 0.6 is 11.6 Å². The molecule has 5 nitrogen and oxygen atoms in total. The number of hydrogen-bond acceptors (Lipinski definition) is 3. The Morgan fingerprint density at radius 1 is 1.15 bits per heavy atom. The SMILES string of the molecule is CC(C)N(Cc1nc2ccccc2c(=O)[nH]1)C(=O)CCc1ccc(Cl)cc1. The van der Waals surface area contributed by atoms with Gasteiger partial charge in [-0.25, -0.2) is 4.98 Å². The number of H-pyrrole nitrogens is 1. The predicted octanol–water partition coefficient (Wildman–Crippen LogP) is 3.95. The fraction of sp³-hybridized carbons (Fsp3) is 0.286. The number of carbonyl (C=O) groups excluding carboxylic acids is 1. The zero-order valence-corrected chi connectivity index (χ0v) is 16.2. The molecular weight excluding hydrogens is 362 g/mol. The zero-order chi connectivity index (χ0) is 19.4. The Morgan fingerprint density at radius 3 is 2.56 bits per heavy atom. The van der Waals surface area contributed by atoms with E-state index in [4.69, 9.17) is 11.6 Å². The maximum atomic E-state index is 12.8. The summed E-state index contributed by atoms with van der Waals surface area (Å²) >= 11 is 5.90. The number of aromatic nitrogens is 2. The van der Waals surface area contributed by atoms with E-state index in [0.717, 1.165) is 5.56 Å². The topological polar surface area (TPSA) is 66.1 Å². The molecule has 6 heteroatoms. The Bertz CT molecular complexity index is 996. The molecular formula is C21H22ClN3O2. The van der Waals surface area contributed by atoms with Crippen LogP contribution in [0.25, 0.3) is 10.9 Å². The Hall–Kier alpha value is -2.66. The van der Waals surface area contributed by atoms with E-state index in [-0.39, 0.29) is 24.1 Å². The van der Waals surface area contributed by atoms with Gasteiger partial charge in [0.15, 0.2) is 0 Å². The lowest BCUT2D eigenvalue weighted by Crippen LogP contribution is -2.37. The van der Waals surface area contributed by atoms with Crippen molar-refractivity contribution >= 4 is 28.4 Å². The Labute approximate surface area is 163 Å². The number of carbonyl (C=O) groups is 1. The molecule has 27 heavy (non-hydrogen) atoms. The molecule has 1 aromatic heterocycles. The summed E-state index contributed by atoms with van der Waals surface area (Å²) in [5, 5.41) is 1.23. The molecule has 3 rings (SSSR count). The van der Waals surface area contributed by atoms with Crippen molar-refractivity contribution in [2.24, 2.45) is 0 Å². The van der Waals surface area contributed by atoms with E-state index in [9.17, 15) is 9.59 Å². The standard InChI is InChI=1S/C21H22ClN3O2/c1-14(2)25(20(26)12-9-15-7-10-16(22)11-8-15)13-19-23-18-6-4-3-5-17(18)21(27)24-19/h3-8,10-11,14H,9,12-13H2,1-2H3,(H,23,24,27). The molecule has 140 valence electrons. The van der Waals surface area contributed by atoms with Crippen molar-refractivity contribution in [2.75, 3.05) is 0 Å². The van der Waals surface area contributed by atoms with Crippen molar-refractivity contribution in [2.45, 2.75) is 39.3 Å². The van der Waals surface area contributed by atoms with Crippen LogP contribution in [0.4, 0.5) is 0 Å². The molecule has 3 aromatic rings. The first kappa shape index (κ1) is 19.1. The third kappa shape index (κ3) is 4.74. The summed E-state index contributed by atoms with van der Waals surface area (Å²) in [5.74, 6) is 0.517. The molecule has 0 saturated carbocycles. The van der Waals surface area contributed by atoms with Crippen LogP contribution in [0, 0.1) is 0 Å². The van der Waals surface area contributed by atoms with E-state index in [2.05, 4.69) is 9.97 Å². The molecule has 0 aliphatic carbocycles. The average molecular weight is 384 g/mol. The largest absolute Gasteiger partial charge is 0.333 e. The number of rotatable bonds is 6. The van der Waals surface area contributed by atoms with E-state index >= 15 is 0 Å². The number of halogens is 1. The maximum absolute atomic E-state index is 12.8. The van der Waals surface area contributed by atoms with E-state index in [1.807, 2.05) is 44.2 Å². The summed E-state index contributed by atoms with van der Waals surface area (Å²) in [4.78, 5) is 34.0. The minimum atomic E-state index is -0.187. The normalized spacial score (nSPS) is 11.1. The quantitative estimate of drug-likeness (QED) is 0.700. The van der Waals surface area contributed by atoms with Gasteiger partial charge in [-0.05, 0) is 50.1 Å². The zero-order valence-electron chi connectivity index (χ0n) is 15.4. The summed E-state index contributed by atoms with van der Waals surface area (Å²) in [6.45, 7) is 4.19. The number of aryl methyl sites for hydroxylation is 1. The van der Waals surface area contributed by atoms with Crippen molar-refractivity contribution in [3.05, 3.63) is 75.3 Å². The molecule has 0 fully saturated rings. The molecule has 0 spiro atoms. The van der Waals surface area contributed by atoms with Gasteiger partial charge in [-0.15, -0.1) is 0 Å². The third-order valence-corrected chi connectivity index (χ3v) is 4.72. The van der Waals surface area contributed by atoms with Crippen LogP contribution in [-0.4, -0.2) is 26.8 Å². The van der Waals surface area contributed by atoms with Gasteiger partial charge >= 0.3 is 0 Å². The molecule has 1 N–H and O–H groups in total. The molecule has 1 heterocycles. The average Bonchev–Trinajstić information content (AvgIpc) is 2.65. The van der Waals surface area contributed by atoms with Crippen LogP contribution in [0.5, 0.6) is 0 Å². The molecule has 0 aliphatic rings. The lowest BCUT2D eigenvalue weighted by molar-refractivity contribution is -0.133. The molecule has 2 aromatic carbocycles. The van der Waals surface area contributed by atoms with Crippen LogP contribution in [0.15, 0.2) is 53.3 Å². The van der Waals surface area contributed by atoms with Crippen LogP contribution in [0.3, 0.4) is 0 Å². The number of aromatic amines is 1. The fourth-order valence-corrected chi connectivity index (χ4v) is 3.10. The van der Waals surface area contributed by atoms with Crippen molar-refractivity contribution in [1.82, 2.24) is 14.9 Å². The van der Waals surface area contributed by atoms with Gasteiger partial charge in [0.1, 0.15) is 5.82 Å². The van der Waals surface area contributed by atoms with Crippen LogP contribution in [0.1, 0.15) is 31.7 Å². The molecule has 0 aliphatic heterocycles.